The molecule has 0 N–H and O–H groups in total. The zero-order valence-electron chi connectivity index (χ0n) is 9.43. The maximum Gasteiger partial charge on any atom is 0.0643 e. The molecule has 0 radical (unpaired) electrons. The first-order valence-electron chi connectivity index (χ1n) is 4.95. The van der Waals surface area contributed by atoms with Crippen LogP contribution in [-0.2, 0) is 0 Å². The minimum atomic E-state index is 0.612. The third-order valence-corrected chi connectivity index (χ3v) is 2.09. The van der Waals surface area contributed by atoms with E-state index < -0.39 is 0 Å². The highest BCUT2D eigenvalue weighted by molar-refractivity contribution is 6.16. The van der Waals surface area contributed by atoms with E-state index >= 15 is 0 Å². The van der Waals surface area contributed by atoms with Crippen LogP contribution in [0.3, 0.4) is 0 Å². The lowest BCUT2D eigenvalue weighted by Gasteiger charge is -2.02. The SMILES string of the molecule is C=N\C=C/C1=C(C)/C=C\C(=C)N=CC=NC1. The van der Waals surface area contributed by atoms with Crippen LogP contribution < -0.4 is 0 Å². The number of nitrogens with zero attached hydrogens (tertiary/aromatic N) is 3. The Morgan fingerprint density at radius 2 is 2.19 bits per heavy atom. The second-order valence-corrected chi connectivity index (χ2v) is 3.30. The molecule has 0 aromatic carbocycles. The summed E-state index contributed by atoms with van der Waals surface area (Å²) in [5.41, 5.74) is 2.93. The van der Waals surface area contributed by atoms with E-state index in [0.29, 0.717) is 12.2 Å². The Morgan fingerprint density at radius 3 is 2.94 bits per heavy atom. The summed E-state index contributed by atoms with van der Waals surface area (Å²) in [7, 11) is 0. The zero-order chi connectivity index (χ0) is 11.8. The predicted molar refractivity (Wildman–Crippen MR) is 71.5 cm³/mol. The largest absolute Gasteiger partial charge is 0.287 e. The van der Waals surface area contributed by atoms with Crippen molar-refractivity contribution in [2.75, 3.05) is 6.54 Å². The number of hydrogen-bond donors (Lipinski definition) is 0. The van der Waals surface area contributed by atoms with Crippen LogP contribution in [-0.4, -0.2) is 25.7 Å². The van der Waals surface area contributed by atoms with Gasteiger partial charge in [0.1, 0.15) is 0 Å². The molecule has 1 aliphatic rings. The average Bonchev–Trinajstić information content (AvgIpc) is 2.29. The van der Waals surface area contributed by atoms with E-state index in [0.717, 1.165) is 11.1 Å². The summed E-state index contributed by atoms with van der Waals surface area (Å²) in [6, 6.07) is 0. The highest BCUT2D eigenvalue weighted by Crippen LogP contribution is 2.10. The fourth-order valence-corrected chi connectivity index (χ4v) is 1.15. The quantitative estimate of drug-likeness (QED) is 0.632. The van der Waals surface area contributed by atoms with Crippen LogP contribution in [0.1, 0.15) is 6.92 Å². The molecule has 0 amide bonds. The van der Waals surface area contributed by atoms with Gasteiger partial charge in [-0.1, -0.05) is 12.7 Å². The van der Waals surface area contributed by atoms with Crippen LogP contribution in [0.2, 0.25) is 0 Å². The molecule has 0 aromatic heterocycles. The van der Waals surface area contributed by atoms with E-state index in [9.17, 15) is 0 Å². The van der Waals surface area contributed by atoms with Crippen LogP contribution in [0.5, 0.6) is 0 Å². The molecule has 1 rings (SSSR count). The summed E-state index contributed by atoms with van der Waals surface area (Å²) in [4.78, 5) is 12.0. The molecular weight excluding hydrogens is 198 g/mol. The molecule has 0 saturated heterocycles. The van der Waals surface area contributed by atoms with Gasteiger partial charge in [-0.3, -0.25) is 15.0 Å². The summed E-state index contributed by atoms with van der Waals surface area (Å²) in [5, 5.41) is 0. The third-order valence-electron chi connectivity index (χ3n) is 2.09. The van der Waals surface area contributed by atoms with E-state index in [1.54, 1.807) is 18.6 Å². The van der Waals surface area contributed by atoms with Crippen molar-refractivity contribution in [3.8, 4) is 0 Å². The zero-order valence-corrected chi connectivity index (χ0v) is 9.43. The van der Waals surface area contributed by atoms with Crippen molar-refractivity contribution in [2.24, 2.45) is 15.0 Å². The monoisotopic (exact) mass is 213 g/mol. The Balaban J connectivity index is 3.01. The van der Waals surface area contributed by atoms with Crippen molar-refractivity contribution in [2.45, 2.75) is 6.92 Å². The molecule has 3 heteroatoms. The van der Waals surface area contributed by atoms with Gasteiger partial charge in [0.05, 0.1) is 12.2 Å². The molecule has 0 atom stereocenters. The van der Waals surface area contributed by atoms with Crippen LogP contribution in [0.25, 0.3) is 0 Å². The van der Waals surface area contributed by atoms with Gasteiger partial charge in [0.2, 0.25) is 0 Å². The minimum Gasteiger partial charge on any atom is -0.287 e. The molecule has 0 aliphatic carbocycles. The van der Waals surface area contributed by atoms with Gasteiger partial charge in [-0.2, -0.15) is 0 Å². The summed E-state index contributed by atoms with van der Waals surface area (Å²) in [5.74, 6) is 0. The van der Waals surface area contributed by atoms with Crippen molar-refractivity contribution in [1.82, 2.24) is 0 Å². The Labute approximate surface area is 96.0 Å². The molecule has 1 heterocycles. The Bertz CT molecular complexity index is 420. The van der Waals surface area contributed by atoms with Gasteiger partial charge in [-0.25, -0.2) is 0 Å². The van der Waals surface area contributed by atoms with Gasteiger partial charge < -0.3 is 0 Å². The molecule has 82 valence electrons. The Hall–Kier alpha value is -2.03. The topological polar surface area (TPSA) is 37.1 Å². The first-order chi connectivity index (χ1) is 7.74. The summed E-state index contributed by atoms with van der Waals surface area (Å²) in [6.07, 6.45) is 10.7. The highest BCUT2D eigenvalue weighted by atomic mass is 14.8. The van der Waals surface area contributed by atoms with E-state index in [4.69, 9.17) is 0 Å². The maximum atomic E-state index is 4.23. The summed E-state index contributed by atoms with van der Waals surface area (Å²) < 4.78 is 0. The number of aliphatic imine (C=N–C) groups is 3. The Morgan fingerprint density at radius 1 is 1.38 bits per heavy atom. The van der Waals surface area contributed by atoms with Gasteiger partial charge >= 0.3 is 0 Å². The molecule has 16 heavy (non-hydrogen) atoms. The van der Waals surface area contributed by atoms with E-state index in [1.165, 1.54) is 0 Å². The lowest BCUT2D eigenvalue weighted by atomic mass is 10.1. The van der Waals surface area contributed by atoms with E-state index in [2.05, 4.69) is 28.3 Å². The highest BCUT2D eigenvalue weighted by Gasteiger charge is 1.96. The summed E-state index contributed by atoms with van der Waals surface area (Å²) in [6.45, 7) is 9.83. The number of rotatable bonds is 2. The van der Waals surface area contributed by atoms with Gasteiger partial charge in [-0.05, 0) is 36.9 Å². The molecule has 0 bridgehead atoms. The fourth-order valence-electron chi connectivity index (χ4n) is 1.15. The van der Waals surface area contributed by atoms with E-state index in [1.807, 2.05) is 25.2 Å². The molecular formula is C13H15N3. The predicted octanol–water partition coefficient (Wildman–Crippen LogP) is 2.74. The van der Waals surface area contributed by atoms with Gasteiger partial charge in [0.25, 0.3) is 0 Å². The second-order valence-electron chi connectivity index (χ2n) is 3.30. The maximum absolute atomic E-state index is 4.23. The first kappa shape index (κ1) is 12.0. The van der Waals surface area contributed by atoms with Crippen molar-refractivity contribution in [3.05, 3.63) is 47.9 Å². The van der Waals surface area contributed by atoms with Crippen LogP contribution in [0.15, 0.2) is 62.8 Å². The van der Waals surface area contributed by atoms with Gasteiger partial charge in [-0.15, -0.1) is 0 Å². The minimum absolute atomic E-state index is 0.612. The third kappa shape index (κ3) is 4.00. The van der Waals surface area contributed by atoms with Crippen molar-refractivity contribution < 1.29 is 0 Å². The smallest absolute Gasteiger partial charge is 0.0643 e. The van der Waals surface area contributed by atoms with Gasteiger partial charge in [0, 0.05) is 18.6 Å². The molecule has 0 unspecified atom stereocenters. The molecule has 0 aromatic rings. The lowest BCUT2D eigenvalue weighted by Crippen LogP contribution is -1.92. The van der Waals surface area contributed by atoms with Crippen LogP contribution in [0, 0.1) is 0 Å². The fraction of sp³-hybridized carbons (Fsp3) is 0.154. The summed E-state index contributed by atoms with van der Waals surface area (Å²) >= 11 is 0. The number of hydrogen-bond acceptors (Lipinski definition) is 3. The van der Waals surface area contributed by atoms with Crippen molar-refractivity contribution in [1.29, 1.82) is 0 Å². The average molecular weight is 213 g/mol. The first-order valence-corrected chi connectivity index (χ1v) is 4.95. The molecule has 3 nitrogen and oxygen atoms in total. The van der Waals surface area contributed by atoms with Gasteiger partial charge in [0.15, 0.2) is 0 Å². The molecule has 0 fully saturated rings. The number of allylic oxidation sites excluding steroid dienone is 3. The second kappa shape index (κ2) is 6.45. The van der Waals surface area contributed by atoms with Crippen molar-refractivity contribution in [3.63, 3.8) is 0 Å². The molecule has 0 saturated carbocycles. The van der Waals surface area contributed by atoms with Crippen molar-refractivity contribution >= 4 is 19.1 Å². The van der Waals surface area contributed by atoms with Crippen LogP contribution in [0.4, 0.5) is 0 Å². The normalized spacial score (nSPS) is 23.7. The van der Waals surface area contributed by atoms with E-state index in [-0.39, 0.29) is 0 Å². The molecule has 1 aliphatic heterocycles. The lowest BCUT2D eigenvalue weighted by molar-refractivity contribution is 1.16. The molecule has 0 spiro atoms. The van der Waals surface area contributed by atoms with Crippen LogP contribution >= 0.6 is 0 Å². The standard InChI is InChI=1S/C13H15N3/c1-11-4-5-12(2)16-9-8-15-10-13(11)6-7-14-3/h4-9H,2-3,10H2,1H3/b5-4-,7-6-,13-11-,15-8?,16-9?. The Kier molecular flexibility index (Phi) is 4.86.